The SMILES string of the molecule is CC12CC3C4CC5(C)CC3C(C1)C([N-]Cl)(C5)C4C2. The van der Waals surface area contributed by atoms with Gasteiger partial charge < -0.3 is 4.84 Å². The summed E-state index contributed by atoms with van der Waals surface area (Å²) in [7, 11) is 0. The highest BCUT2D eigenvalue weighted by molar-refractivity contribution is 6.25. The van der Waals surface area contributed by atoms with Crippen LogP contribution in [0, 0.1) is 40.4 Å². The monoisotopic (exact) mass is 264 g/mol. The van der Waals surface area contributed by atoms with Crippen LogP contribution in [0.5, 0.6) is 0 Å². The highest BCUT2D eigenvalue weighted by Gasteiger charge is 2.70. The van der Waals surface area contributed by atoms with Crippen molar-refractivity contribution in [3.05, 3.63) is 4.84 Å². The van der Waals surface area contributed by atoms with Crippen LogP contribution in [0.25, 0.3) is 4.84 Å². The van der Waals surface area contributed by atoms with Crippen molar-refractivity contribution >= 4 is 11.8 Å². The minimum atomic E-state index is 0.193. The van der Waals surface area contributed by atoms with Gasteiger partial charge in [-0.15, -0.1) is 5.54 Å². The molecule has 0 spiro atoms. The Morgan fingerprint density at radius 1 is 0.833 bits per heavy atom. The Kier molecular flexibility index (Phi) is 1.71. The van der Waals surface area contributed by atoms with Crippen LogP contribution in [-0.4, -0.2) is 5.54 Å². The van der Waals surface area contributed by atoms with E-state index in [9.17, 15) is 0 Å². The average Bonchev–Trinajstić information content (AvgIpc) is 2.33. The third-order valence-electron chi connectivity index (χ3n) is 7.90. The van der Waals surface area contributed by atoms with E-state index < -0.39 is 0 Å². The summed E-state index contributed by atoms with van der Waals surface area (Å²) in [5.41, 5.74) is 1.41. The van der Waals surface area contributed by atoms with Gasteiger partial charge in [-0.25, -0.2) is 0 Å². The Morgan fingerprint density at radius 2 is 1.39 bits per heavy atom. The molecule has 18 heavy (non-hydrogen) atoms. The molecule has 8 bridgehead atoms. The fourth-order valence-corrected chi connectivity index (χ4v) is 8.14. The molecule has 2 heteroatoms. The number of hydrogen-bond donors (Lipinski definition) is 0. The van der Waals surface area contributed by atoms with Crippen LogP contribution in [0.4, 0.5) is 0 Å². The molecule has 1 nitrogen and oxygen atoms in total. The molecule has 4 unspecified atom stereocenters. The van der Waals surface area contributed by atoms with E-state index in [0.29, 0.717) is 10.8 Å². The average molecular weight is 265 g/mol. The smallest absolute Gasteiger partial charge is 0.0318 e. The van der Waals surface area contributed by atoms with Gasteiger partial charge in [0.2, 0.25) is 0 Å². The Labute approximate surface area is 115 Å². The molecule has 7 rings (SSSR count). The van der Waals surface area contributed by atoms with Gasteiger partial charge in [-0.2, -0.15) is 0 Å². The summed E-state index contributed by atoms with van der Waals surface area (Å²) in [6, 6.07) is 0. The van der Waals surface area contributed by atoms with Crippen molar-refractivity contribution in [3.8, 4) is 0 Å². The zero-order chi connectivity index (χ0) is 12.3. The lowest BCUT2D eigenvalue weighted by atomic mass is 9.29. The Hall–Kier alpha value is 0.250. The van der Waals surface area contributed by atoms with E-state index in [1.807, 2.05) is 0 Å². The lowest BCUT2D eigenvalue weighted by Gasteiger charge is -2.82. The summed E-state index contributed by atoms with van der Waals surface area (Å²) in [5.74, 6) is 4.64. The molecule has 0 aromatic carbocycles. The Balaban J connectivity index is 1.71. The Morgan fingerprint density at radius 3 is 1.94 bits per heavy atom. The van der Waals surface area contributed by atoms with Gasteiger partial charge >= 0.3 is 0 Å². The van der Waals surface area contributed by atoms with Crippen LogP contribution in [0.15, 0.2) is 0 Å². The summed E-state index contributed by atoms with van der Waals surface area (Å²) in [5, 5.41) is 0. The van der Waals surface area contributed by atoms with Crippen molar-refractivity contribution in [1.82, 2.24) is 0 Å². The molecule has 0 radical (unpaired) electrons. The van der Waals surface area contributed by atoms with Crippen LogP contribution in [0.1, 0.15) is 52.4 Å². The first-order valence-corrected chi connectivity index (χ1v) is 8.16. The van der Waals surface area contributed by atoms with Crippen molar-refractivity contribution in [2.24, 2.45) is 40.4 Å². The van der Waals surface area contributed by atoms with Gasteiger partial charge in [-0.3, -0.25) is 11.8 Å². The third kappa shape index (κ3) is 0.975. The summed E-state index contributed by atoms with van der Waals surface area (Å²) >= 11 is 6.22. The lowest BCUT2D eigenvalue weighted by molar-refractivity contribution is -0.249. The van der Waals surface area contributed by atoms with Crippen molar-refractivity contribution in [3.63, 3.8) is 0 Å². The molecule has 0 aromatic heterocycles. The molecule has 0 amide bonds. The minimum Gasteiger partial charge on any atom is -0.569 e. The lowest BCUT2D eigenvalue weighted by Crippen LogP contribution is -2.73. The van der Waals surface area contributed by atoms with Crippen molar-refractivity contribution < 1.29 is 0 Å². The molecule has 100 valence electrons. The second-order valence-electron chi connectivity index (χ2n) is 9.10. The Bertz CT molecular complexity index is 407. The zero-order valence-electron chi connectivity index (χ0n) is 11.5. The highest BCUT2D eigenvalue weighted by Crippen LogP contribution is 2.79. The molecule has 7 fully saturated rings. The minimum absolute atomic E-state index is 0.193. The number of nitrogens with zero attached hydrogens (tertiary/aromatic N) is 1. The van der Waals surface area contributed by atoms with Crippen LogP contribution < -0.4 is 0 Å². The van der Waals surface area contributed by atoms with Gasteiger partial charge in [0.1, 0.15) is 0 Å². The number of halogens is 1. The van der Waals surface area contributed by atoms with Crippen LogP contribution in [0.3, 0.4) is 0 Å². The van der Waals surface area contributed by atoms with Gasteiger partial charge in [0, 0.05) is 0 Å². The van der Waals surface area contributed by atoms with Crippen molar-refractivity contribution in [2.45, 2.75) is 57.9 Å². The summed E-state index contributed by atoms with van der Waals surface area (Å²) in [6.07, 6.45) is 8.62. The maximum Gasteiger partial charge on any atom is -0.0318 e. The molecule has 7 aliphatic rings. The van der Waals surface area contributed by atoms with Gasteiger partial charge in [-0.1, -0.05) is 20.3 Å². The molecule has 0 aliphatic heterocycles. The van der Waals surface area contributed by atoms with Crippen LogP contribution in [-0.2, 0) is 0 Å². The fraction of sp³-hybridized carbons (Fsp3) is 1.00. The standard InChI is InChI=1S/C16H23ClN/c1-14-3-9-10-4-15(2)5-11(9)13(7-14)16(8-15,18-17)12(10)6-14/h9-13H,3-8H2,1-2H3/q-1. The molecule has 0 aromatic rings. The van der Waals surface area contributed by atoms with E-state index in [1.54, 1.807) is 0 Å². The predicted molar refractivity (Wildman–Crippen MR) is 73.3 cm³/mol. The fourth-order valence-electron chi connectivity index (χ4n) is 7.82. The van der Waals surface area contributed by atoms with Crippen LogP contribution >= 0.6 is 11.8 Å². The molecule has 4 atom stereocenters. The van der Waals surface area contributed by atoms with E-state index in [0.717, 1.165) is 29.6 Å². The third-order valence-corrected chi connectivity index (χ3v) is 8.21. The summed E-state index contributed by atoms with van der Waals surface area (Å²) in [6.45, 7) is 5.07. The first-order chi connectivity index (χ1) is 8.49. The maximum absolute atomic E-state index is 6.22. The molecule has 7 aliphatic carbocycles. The first kappa shape index (κ1) is 11.0. The highest BCUT2D eigenvalue weighted by atomic mass is 35.5. The van der Waals surface area contributed by atoms with Crippen molar-refractivity contribution in [1.29, 1.82) is 0 Å². The molecule has 7 saturated carbocycles. The number of hydrogen-bond acceptors (Lipinski definition) is 0. The molecule has 0 heterocycles. The second-order valence-corrected chi connectivity index (χ2v) is 9.27. The van der Waals surface area contributed by atoms with Gasteiger partial charge in [-0.05, 0) is 72.5 Å². The summed E-state index contributed by atoms with van der Waals surface area (Å²) in [4.78, 5) is 4.57. The second kappa shape index (κ2) is 2.81. The van der Waals surface area contributed by atoms with Gasteiger partial charge in [0.25, 0.3) is 0 Å². The van der Waals surface area contributed by atoms with E-state index in [2.05, 4.69) is 18.7 Å². The van der Waals surface area contributed by atoms with Gasteiger partial charge in [0.05, 0.1) is 0 Å². The topological polar surface area (TPSA) is 14.1 Å². The summed E-state index contributed by atoms with van der Waals surface area (Å²) < 4.78 is 0. The zero-order valence-corrected chi connectivity index (χ0v) is 12.2. The largest absolute Gasteiger partial charge is 0.569 e. The predicted octanol–water partition coefficient (Wildman–Crippen LogP) is 4.75. The maximum atomic E-state index is 6.22. The van der Waals surface area contributed by atoms with Crippen LogP contribution in [0.2, 0.25) is 0 Å². The number of rotatable bonds is 1. The molecule has 0 N–H and O–H groups in total. The van der Waals surface area contributed by atoms with E-state index in [4.69, 9.17) is 11.8 Å². The molecule has 0 saturated heterocycles. The molecular weight excluding hydrogens is 242 g/mol. The molecular formula is C16H23ClN-. The quantitative estimate of drug-likeness (QED) is 0.649. The van der Waals surface area contributed by atoms with Crippen molar-refractivity contribution in [2.75, 3.05) is 0 Å². The normalized spacial score (nSPS) is 71.2. The first-order valence-electron chi connectivity index (χ1n) is 7.82. The van der Waals surface area contributed by atoms with E-state index >= 15 is 0 Å². The van der Waals surface area contributed by atoms with Gasteiger partial charge in [0.15, 0.2) is 0 Å². The van der Waals surface area contributed by atoms with E-state index in [1.165, 1.54) is 38.5 Å². The van der Waals surface area contributed by atoms with E-state index in [-0.39, 0.29) is 5.54 Å².